The van der Waals surface area contributed by atoms with Crippen molar-refractivity contribution < 1.29 is 9.53 Å². The first-order valence-electron chi connectivity index (χ1n) is 8.87. The van der Waals surface area contributed by atoms with Crippen molar-refractivity contribution in [2.45, 2.75) is 26.3 Å². The van der Waals surface area contributed by atoms with Crippen LogP contribution in [-0.4, -0.2) is 57.7 Å². The number of nitrogens with zero attached hydrogens (tertiary/aromatic N) is 2. The average molecular weight is 347 g/mol. The van der Waals surface area contributed by atoms with Crippen molar-refractivity contribution in [1.29, 1.82) is 0 Å². The molecule has 1 aromatic rings. The fraction of sp³-hybridized carbons (Fsp3) is 0.556. The van der Waals surface area contributed by atoms with Crippen molar-refractivity contribution in [1.82, 2.24) is 16.0 Å². The lowest BCUT2D eigenvalue weighted by Crippen LogP contribution is -2.45. The summed E-state index contributed by atoms with van der Waals surface area (Å²) in [6.45, 7) is 7.24. The van der Waals surface area contributed by atoms with Crippen LogP contribution >= 0.6 is 0 Å². The number of methoxy groups -OCH3 is 1. The van der Waals surface area contributed by atoms with Crippen molar-refractivity contribution in [3.63, 3.8) is 0 Å². The van der Waals surface area contributed by atoms with E-state index in [1.807, 2.05) is 32.0 Å². The summed E-state index contributed by atoms with van der Waals surface area (Å²) in [5.74, 6) is 1.50. The van der Waals surface area contributed by atoms with Gasteiger partial charge in [-0.25, -0.2) is 4.99 Å². The summed E-state index contributed by atoms with van der Waals surface area (Å²) >= 11 is 0. The Morgan fingerprint density at radius 2 is 2.04 bits per heavy atom. The number of ether oxygens (including phenoxy) is 1. The Bertz CT molecular complexity index is 591. The van der Waals surface area contributed by atoms with Crippen LogP contribution in [0.25, 0.3) is 0 Å². The maximum absolute atomic E-state index is 11.6. The zero-order chi connectivity index (χ0) is 18.1. The molecule has 1 fully saturated rings. The maximum Gasteiger partial charge on any atom is 0.241 e. The highest BCUT2D eigenvalue weighted by Gasteiger charge is 2.25. The Morgan fingerprint density at radius 1 is 1.28 bits per heavy atom. The van der Waals surface area contributed by atoms with Gasteiger partial charge in [-0.2, -0.15) is 0 Å². The van der Waals surface area contributed by atoms with Gasteiger partial charge in [0.25, 0.3) is 0 Å². The second-order valence-corrected chi connectivity index (χ2v) is 5.90. The third kappa shape index (κ3) is 5.55. The highest BCUT2D eigenvalue weighted by molar-refractivity contribution is 5.85. The first-order valence-corrected chi connectivity index (χ1v) is 8.87. The number of guanidine groups is 1. The number of nitrogens with one attached hydrogen (secondary N) is 3. The first-order chi connectivity index (χ1) is 12.2. The van der Waals surface area contributed by atoms with Crippen LogP contribution < -0.4 is 25.6 Å². The molecule has 1 aliphatic heterocycles. The van der Waals surface area contributed by atoms with Crippen LogP contribution in [-0.2, 0) is 4.79 Å². The largest absolute Gasteiger partial charge is 0.495 e. The average Bonchev–Trinajstić information content (AvgIpc) is 3.08. The molecule has 1 atom stereocenters. The number of carbonyl (C=O) groups is 1. The Hall–Kier alpha value is -2.44. The summed E-state index contributed by atoms with van der Waals surface area (Å²) in [7, 11) is 1.70. The van der Waals surface area contributed by atoms with E-state index in [1.54, 1.807) is 7.11 Å². The van der Waals surface area contributed by atoms with Crippen LogP contribution in [0.4, 0.5) is 5.69 Å². The quantitative estimate of drug-likeness (QED) is 0.506. The van der Waals surface area contributed by atoms with Gasteiger partial charge in [0.1, 0.15) is 12.3 Å². The highest BCUT2D eigenvalue weighted by Crippen LogP contribution is 2.30. The molecule has 1 aromatic carbocycles. The van der Waals surface area contributed by atoms with Gasteiger partial charge >= 0.3 is 0 Å². The molecular formula is C18H29N5O2. The minimum atomic E-state index is -0.0678. The second-order valence-electron chi connectivity index (χ2n) is 5.90. The molecule has 25 heavy (non-hydrogen) atoms. The lowest BCUT2D eigenvalue weighted by Gasteiger charge is -2.22. The number of rotatable bonds is 7. The zero-order valence-electron chi connectivity index (χ0n) is 15.3. The van der Waals surface area contributed by atoms with Gasteiger partial charge in [-0.05, 0) is 32.4 Å². The maximum atomic E-state index is 11.6. The van der Waals surface area contributed by atoms with E-state index in [0.717, 1.165) is 37.5 Å². The molecule has 1 amide bonds. The van der Waals surface area contributed by atoms with Crippen LogP contribution in [0.1, 0.15) is 20.3 Å². The van der Waals surface area contributed by atoms with E-state index in [0.29, 0.717) is 12.5 Å². The molecule has 138 valence electrons. The smallest absolute Gasteiger partial charge is 0.241 e. The summed E-state index contributed by atoms with van der Waals surface area (Å²) in [5, 5.41) is 9.38. The molecule has 0 bridgehead atoms. The van der Waals surface area contributed by atoms with Gasteiger partial charge in [-0.1, -0.05) is 12.1 Å². The van der Waals surface area contributed by atoms with Crippen LogP contribution in [0.15, 0.2) is 29.3 Å². The molecule has 1 unspecified atom stereocenters. The molecule has 1 saturated heterocycles. The molecule has 7 nitrogen and oxygen atoms in total. The van der Waals surface area contributed by atoms with E-state index in [4.69, 9.17) is 4.74 Å². The highest BCUT2D eigenvalue weighted by atomic mass is 16.5. The fourth-order valence-corrected chi connectivity index (χ4v) is 2.91. The van der Waals surface area contributed by atoms with Gasteiger partial charge in [0.15, 0.2) is 5.96 Å². The van der Waals surface area contributed by atoms with Gasteiger partial charge in [0, 0.05) is 32.2 Å². The topological polar surface area (TPSA) is 78.0 Å². The molecule has 1 aliphatic rings. The van der Waals surface area contributed by atoms with Gasteiger partial charge in [0.2, 0.25) is 5.91 Å². The lowest BCUT2D eigenvalue weighted by atomic mass is 10.2. The Labute approximate surface area is 149 Å². The van der Waals surface area contributed by atoms with E-state index in [-0.39, 0.29) is 18.5 Å². The van der Waals surface area contributed by atoms with Gasteiger partial charge in [-0.3, -0.25) is 4.79 Å². The normalized spacial score (nSPS) is 17.3. The number of likely N-dealkylation sites (N-methyl/N-ethyl adjacent to an activating group) is 1. The van der Waals surface area contributed by atoms with E-state index < -0.39 is 0 Å². The number of para-hydroxylation sites is 2. The van der Waals surface area contributed by atoms with Gasteiger partial charge < -0.3 is 25.6 Å². The molecular weight excluding hydrogens is 318 g/mol. The molecule has 7 heteroatoms. The van der Waals surface area contributed by atoms with E-state index in [1.165, 1.54) is 0 Å². The van der Waals surface area contributed by atoms with Gasteiger partial charge in [-0.15, -0.1) is 0 Å². The van der Waals surface area contributed by atoms with E-state index >= 15 is 0 Å². The number of hydrogen-bond acceptors (Lipinski definition) is 4. The van der Waals surface area contributed by atoms with E-state index in [9.17, 15) is 4.79 Å². The third-order valence-corrected chi connectivity index (χ3v) is 4.05. The standard InChI is InChI=1S/C18H29N5O2/c1-4-19-17(24)12-21-18(20-5-2)22-14-10-11-23(13-14)15-8-6-7-9-16(15)25-3/h6-9,14H,4-5,10-13H2,1-3H3,(H,19,24)(H2,20,21,22). The summed E-state index contributed by atoms with van der Waals surface area (Å²) < 4.78 is 5.46. The summed E-state index contributed by atoms with van der Waals surface area (Å²) in [6, 6.07) is 8.34. The molecule has 1 heterocycles. The van der Waals surface area contributed by atoms with Crippen LogP contribution in [0.2, 0.25) is 0 Å². The van der Waals surface area contributed by atoms with Crippen LogP contribution in [0.3, 0.4) is 0 Å². The number of carbonyl (C=O) groups excluding carboxylic acids is 1. The summed E-state index contributed by atoms with van der Waals surface area (Å²) in [6.07, 6.45) is 1.00. The third-order valence-electron chi connectivity index (χ3n) is 4.05. The number of amides is 1. The summed E-state index contributed by atoms with van der Waals surface area (Å²) in [5.41, 5.74) is 1.11. The Balaban J connectivity index is 1.95. The second kappa shape index (κ2) is 9.76. The van der Waals surface area contributed by atoms with Crippen LogP contribution in [0, 0.1) is 0 Å². The Kier molecular flexibility index (Phi) is 7.37. The number of aliphatic imine (C=N–C) groups is 1. The minimum absolute atomic E-state index is 0.0678. The minimum Gasteiger partial charge on any atom is -0.495 e. The fourth-order valence-electron chi connectivity index (χ4n) is 2.91. The number of anilines is 1. The predicted molar refractivity (Wildman–Crippen MR) is 101 cm³/mol. The van der Waals surface area contributed by atoms with Crippen molar-refractivity contribution in [3.05, 3.63) is 24.3 Å². The molecule has 0 spiro atoms. The molecule has 0 aliphatic carbocycles. The molecule has 0 aromatic heterocycles. The molecule has 3 N–H and O–H groups in total. The number of hydrogen-bond donors (Lipinski definition) is 3. The molecule has 0 saturated carbocycles. The molecule has 2 rings (SSSR count). The molecule has 0 radical (unpaired) electrons. The van der Waals surface area contributed by atoms with Crippen LogP contribution in [0.5, 0.6) is 5.75 Å². The van der Waals surface area contributed by atoms with Crippen molar-refractivity contribution in [2.75, 3.05) is 44.7 Å². The zero-order valence-corrected chi connectivity index (χ0v) is 15.3. The Morgan fingerprint density at radius 3 is 2.76 bits per heavy atom. The van der Waals surface area contributed by atoms with E-state index in [2.05, 4.69) is 31.9 Å². The first kappa shape index (κ1) is 18.9. The van der Waals surface area contributed by atoms with Crippen molar-refractivity contribution >= 4 is 17.6 Å². The monoisotopic (exact) mass is 347 g/mol. The predicted octanol–water partition coefficient (Wildman–Crippen LogP) is 0.965. The number of benzene rings is 1. The van der Waals surface area contributed by atoms with Crippen molar-refractivity contribution in [2.24, 2.45) is 4.99 Å². The van der Waals surface area contributed by atoms with Crippen molar-refractivity contribution in [3.8, 4) is 5.75 Å². The van der Waals surface area contributed by atoms with Gasteiger partial charge in [0.05, 0.1) is 12.8 Å². The SMILES string of the molecule is CCNC(=O)CN=C(NCC)NC1CCN(c2ccccc2OC)C1. The summed E-state index contributed by atoms with van der Waals surface area (Å²) in [4.78, 5) is 18.3. The lowest BCUT2D eigenvalue weighted by molar-refractivity contribution is -0.119.